The number of carbonyl (C=O) groups excluding carboxylic acids is 1. The molecule has 1 aromatic heterocycles. The summed E-state index contributed by atoms with van der Waals surface area (Å²) in [5.74, 6) is -1.38. The number of nitrogens with two attached hydrogens (primary N) is 1. The number of halogens is 3. The van der Waals surface area contributed by atoms with E-state index < -0.39 is 29.0 Å². The van der Waals surface area contributed by atoms with Gasteiger partial charge in [-0.05, 0) is 74.1 Å². The molecule has 0 spiro atoms. The van der Waals surface area contributed by atoms with Gasteiger partial charge in [0.1, 0.15) is 5.82 Å². The quantitative estimate of drug-likeness (QED) is 0.326. The summed E-state index contributed by atoms with van der Waals surface area (Å²) >= 11 is 12.4. The lowest BCUT2D eigenvalue weighted by atomic mass is 9.87. The van der Waals surface area contributed by atoms with Crippen LogP contribution in [0.5, 0.6) is 0 Å². The van der Waals surface area contributed by atoms with Crippen molar-refractivity contribution in [3.8, 4) is 0 Å². The summed E-state index contributed by atoms with van der Waals surface area (Å²) in [6, 6.07) is 13.8. The Bertz CT molecular complexity index is 1370. The molecule has 1 fully saturated rings. The van der Waals surface area contributed by atoms with Crippen LogP contribution in [0.4, 0.5) is 4.39 Å². The van der Waals surface area contributed by atoms with Crippen LogP contribution in [0.15, 0.2) is 54.7 Å². The molecule has 2 aromatic carbocycles. The summed E-state index contributed by atoms with van der Waals surface area (Å²) in [7, 11) is 0. The van der Waals surface area contributed by atoms with E-state index in [1.165, 1.54) is 6.07 Å². The number of hydrogen-bond acceptors (Lipinski definition) is 5. The first-order valence-corrected chi connectivity index (χ1v) is 13.8. The first-order valence-electron chi connectivity index (χ1n) is 13.0. The molecule has 3 aromatic rings. The molecule has 1 saturated carbocycles. The lowest BCUT2D eigenvalue weighted by Gasteiger charge is -2.42. The molecule has 39 heavy (non-hydrogen) atoms. The summed E-state index contributed by atoms with van der Waals surface area (Å²) < 4.78 is 23.2. The second kappa shape index (κ2) is 10.5. The number of nitrogens with zero attached hydrogens (tertiary/aromatic N) is 2. The van der Waals surface area contributed by atoms with E-state index in [9.17, 15) is 9.90 Å². The average Bonchev–Trinajstić information content (AvgIpc) is 3.67. The lowest BCUT2D eigenvalue weighted by molar-refractivity contribution is -0.159. The van der Waals surface area contributed by atoms with Crippen LogP contribution in [-0.4, -0.2) is 27.5 Å². The highest BCUT2D eigenvalue weighted by Crippen LogP contribution is 2.59. The van der Waals surface area contributed by atoms with E-state index in [1.807, 2.05) is 24.3 Å². The number of primary amides is 1. The molecule has 0 bridgehead atoms. The Labute approximate surface area is 237 Å². The molecular weight excluding hydrogens is 540 g/mol. The fraction of sp³-hybridized carbons (Fsp3) is 0.400. The topological polar surface area (TPSA) is 88.7 Å². The molecule has 0 radical (unpaired) electrons. The van der Waals surface area contributed by atoms with Gasteiger partial charge in [0.2, 0.25) is 5.91 Å². The first-order chi connectivity index (χ1) is 18.4. The standard InChI is InChI=1S/C30H32Cl2FN3O3/c1-17(28(34)37)16-39-30(19-6-8-21(31)9-7-19)26-24(12-20(13-25(26)33)29(2,3)38)27(18-4-5-18)36(30)15-23-11-10-22(32)14-35-23/h6-14,17-18,27,38H,4-5,15-16H2,1-3H3,(H2,34,37). The summed E-state index contributed by atoms with van der Waals surface area (Å²) in [4.78, 5) is 18.7. The van der Waals surface area contributed by atoms with Crippen LogP contribution in [0.3, 0.4) is 0 Å². The van der Waals surface area contributed by atoms with Gasteiger partial charge in [-0.3, -0.25) is 14.7 Å². The van der Waals surface area contributed by atoms with Crippen LogP contribution in [0.2, 0.25) is 10.0 Å². The van der Waals surface area contributed by atoms with E-state index in [4.69, 9.17) is 33.7 Å². The SMILES string of the molecule is CC(COC1(c2ccc(Cl)cc2)c2c(F)cc(C(C)(C)O)cc2C(C2CC2)N1Cc1ccc(Cl)cn1)C(N)=O. The smallest absolute Gasteiger partial charge is 0.222 e. The summed E-state index contributed by atoms with van der Waals surface area (Å²) in [5.41, 5.74) is 5.92. The number of aliphatic hydroxyl groups is 1. The van der Waals surface area contributed by atoms with Gasteiger partial charge in [0.25, 0.3) is 0 Å². The maximum atomic E-state index is 16.5. The molecular formula is C30H32Cl2FN3O3. The molecule has 3 atom stereocenters. The van der Waals surface area contributed by atoms with Crippen LogP contribution >= 0.6 is 23.2 Å². The Morgan fingerprint density at radius 1 is 1.21 bits per heavy atom. The minimum Gasteiger partial charge on any atom is -0.386 e. The zero-order valence-corrected chi connectivity index (χ0v) is 23.6. The minimum absolute atomic E-state index is 0.0357. The van der Waals surface area contributed by atoms with E-state index in [-0.39, 0.29) is 18.6 Å². The molecule has 0 saturated heterocycles. The highest BCUT2D eigenvalue weighted by atomic mass is 35.5. The van der Waals surface area contributed by atoms with Crippen LogP contribution < -0.4 is 5.73 Å². The molecule has 1 amide bonds. The van der Waals surface area contributed by atoms with Crippen molar-refractivity contribution in [1.82, 2.24) is 9.88 Å². The van der Waals surface area contributed by atoms with E-state index in [1.54, 1.807) is 45.2 Å². The lowest BCUT2D eigenvalue weighted by Crippen LogP contribution is -2.47. The Morgan fingerprint density at radius 3 is 2.44 bits per heavy atom. The maximum absolute atomic E-state index is 16.5. The van der Waals surface area contributed by atoms with Crippen molar-refractivity contribution < 1.29 is 19.0 Å². The van der Waals surface area contributed by atoms with Gasteiger partial charge in [0.05, 0.1) is 28.8 Å². The predicted octanol–water partition coefficient (Wildman–Crippen LogP) is 6.06. The number of aromatic nitrogens is 1. The minimum atomic E-state index is -1.42. The van der Waals surface area contributed by atoms with E-state index in [0.29, 0.717) is 33.3 Å². The van der Waals surface area contributed by atoms with Crippen molar-refractivity contribution >= 4 is 29.1 Å². The third kappa shape index (κ3) is 5.31. The molecule has 3 N–H and O–H groups in total. The van der Waals surface area contributed by atoms with Gasteiger partial charge < -0.3 is 15.6 Å². The van der Waals surface area contributed by atoms with Gasteiger partial charge in [-0.1, -0.05) is 48.3 Å². The monoisotopic (exact) mass is 571 g/mol. The molecule has 9 heteroatoms. The van der Waals surface area contributed by atoms with Crippen LogP contribution in [-0.2, 0) is 27.4 Å². The van der Waals surface area contributed by atoms with Crippen molar-refractivity contribution in [2.75, 3.05) is 6.61 Å². The zero-order chi connectivity index (χ0) is 28.1. The third-order valence-corrected chi connectivity index (χ3v) is 8.15. The van der Waals surface area contributed by atoms with Crippen molar-refractivity contribution in [3.63, 3.8) is 0 Å². The fourth-order valence-corrected chi connectivity index (χ4v) is 5.67. The fourth-order valence-electron chi connectivity index (χ4n) is 5.44. The largest absolute Gasteiger partial charge is 0.386 e. The Kier molecular flexibility index (Phi) is 7.50. The van der Waals surface area contributed by atoms with Crippen LogP contribution in [0, 0.1) is 17.7 Å². The van der Waals surface area contributed by atoms with E-state index >= 15 is 4.39 Å². The molecule has 6 nitrogen and oxygen atoms in total. The molecule has 1 aliphatic carbocycles. The van der Waals surface area contributed by atoms with Crippen molar-refractivity contribution in [1.29, 1.82) is 0 Å². The Balaban J connectivity index is 1.78. The summed E-state index contributed by atoms with van der Waals surface area (Å²) in [6.07, 6.45) is 3.52. The number of amides is 1. The molecule has 2 heterocycles. The number of fused-ring (bicyclic) bond motifs is 1. The Hall–Kier alpha value is -2.55. The van der Waals surface area contributed by atoms with Gasteiger partial charge in [0.15, 0.2) is 5.72 Å². The number of carbonyl (C=O) groups is 1. The predicted molar refractivity (Wildman–Crippen MR) is 148 cm³/mol. The first kappa shape index (κ1) is 28.0. The van der Waals surface area contributed by atoms with Gasteiger partial charge >= 0.3 is 0 Å². The maximum Gasteiger partial charge on any atom is 0.222 e. The normalized spacial score (nSPS) is 22.1. The second-order valence-corrected chi connectivity index (χ2v) is 12.0. The van der Waals surface area contributed by atoms with Gasteiger partial charge in [-0.2, -0.15) is 0 Å². The molecule has 5 rings (SSSR count). The van der Waals surface area contributed by atoms with Gasteiger partial charge in [-0.15, -0.1) is 0 Å². The summed E-state index contributed by atoms with van der Waals surface area (Å²) in [6.45, 7) is 5.25. The summed E-state index contributed by atoms with van der Waals surface area (Å²) in [5, 5.41) is 11.9. The second-order valence-electron chi connectivity index (χ2n) is 11.1. The van der Waals surface area contributed by atoms with Crippen molar-refractivity contribution in [2.24, 2.45) is 17.6 Å². The Morgan fingerprint density at radius 2 is 1.87 bits per heavy atom. The van der Waals surface area contributed by atoms with Gasteiger partial charge in [-0.25, -0.2) is 4.39 Å². The molecule has 206 valence electrons. The number of benzene rings is 2. The molecule has 2 aliphatic rings. The molecule has 1 aliphatic heterocycles. The van der Waals surface area contributed by atoms with Gasteiger partial charge in [0, 0.05) is 34.9 Å². The third-order valence-electron chi connectivity index (χ3n) is 7.68. The number of rotatable bonds is 9. The van der Waals surface area contributed by atoms with Crippen molar-refractivity contribution in [2.45, 2.75) is 57.5 Å². The van der Waals surface area contributed by atoms with Crippen LogP contribution in [0.25, 0.3) is 0 Å². The number of hydrogen-bond donors (Lipinski definition) is 2. The number of pyridine rings is 1. The average molecular weight is 573 g/mol. The van der Waals surface area contributed by atoms with E-state index in [0.717, 1.165) is 24.1 Å². The molecule has 3 unspecified atom stereocenters. The van der Waals surface area contributed by atoms with E-state index in [2.05, 4.69) is 9.88 Å². The highest BCUT2D eigenvalue weighted by Gasteiger charge is 2.58. The zero-order valence-electron chi connectivity index (χ0n) is 22.1. The van der Waals surface area contributed by atoms with Crippen LogP contribution in [0.1, 0.15) is 67.6 Å². The number of ether oxygens (including phenoxy) is 1. The highest BCUT2D eigenvalue weighted by molar-refractivity contribution is 6.30. The van der Waals surface area contributed by atoms with Crippen molar-refractivity contribution in [3.05, 3.63) is 98.5 Å².